The quantitative estimate of drug-likeness (QED) is 0.875. The van der Waals surface area contributed by atoms with Crippen LogP contribution in [0.1, 0.15) is 19.8 Å². The van der Waals surface area contributed by atoms with Gasteiger partial charge in [-0.1, -0.05) is 42.6 Å². The summed E-state index contributed by atoms with van der Waals surface area (Å²) in [6.45, 7) is 2.79. The first-order valence-corrected chi connectivity index (χ1v) is 6.28. The number of rotatable bonds is 4. The molecule has 0 aliphatic carbocycles. The number of anilines is 1. The van der Waals surface area contributed by atoms with Crippen molar-refractivity contribution in [2.75, 3.05) is 18.9 Å². The van der Waals surface area contributed by atoms with Gasteiger partial charge in [0.25, 0.3) is 0 Å². The number of hydrogen-bond donors (Lipinski definition) is 1. The standard InChI is InChI=1S/C12H16Cl2N2O/c1-3-4-8-16(2)12(17)15-11-9(13)6-5-7-10(11)14/h5-7H,3-4,8H2,1-2H3,(H,15,17). The number of halogens is 2. The van der Waals surface area contributed by atoms with Gasteiger partial charge in [0, 0.05) is 13.6 Å². The molecule has 0 aliphatic heterocycles. The third-order valence-electron chi connectivity index (χ3n) is 2.39. The lowest BCUT2D eigenvalue weighted by Gasteiger charge is -2.18. The second-order valence-electron chi connectivity index (χ2n) is 3.80. The summed E-state index contributed by atoms with van der Waals surface area (Å²) in [5, 5.41) is 3.59. The number of carbonyl (C=O) groups excluding carboxylic acids is 1. The third kappa shape index (κ3) is 4.10. The Kier molecular flexibility index (Phi) is 5.59. The lowest BCUT2D eigenvalue weighted by atomic mass is 10.3. The van der Waals surface area contributed by atoms with Crippen molar-refractivity contribution in [2.45, 2.75) is 19.8 Å². The molecule has 1 aromatic carbocycles. The van der Waals surface area contributed by atoms with E-state index in [9.17, 15) is 4.79 Å². The van der Waals surface area contributed by atoms with E-state index in [2.05, 4.69) is 12.2 Å². The van der Waals surface area contributed by atoms with Crippen molar-refractivity contribution in [3.05, 3.63) is 28.2 Å². The Hall–Kier alpha value is -0.930. The van der Waals surface area contributed by atoms with Gasteiger partial charge >= 0.3 is 6.03 Å². The molecule has 1 rings (SSSR count). The molecule has 2 amide bonds. The van der Waals surface area contributed by atoms with Crippen LogP contribution in [-0.2, 0) is 0 Å². The zero-order valence-corrected chi connectivity index (χ0v) is 11.5. The smallest absolute Gasteiger partial charge is 0.321 e. The Morgan fingerprint density at radius 2 is 1.94 bits per heavy atom. The number of benzene rings is 1. The first kappa shape index (κ1) is 14.1. The molecule has 3 nitrogen and oxygen atoms in total. The van der Waals surface area contributed by atoms with E-state index < -0.39 is 0 Å². The molecular weight excluding hydrogens is 259 g/mol. The molecule has 0 saturated carbocycles. The van der Waals surface area contributed by atoms with Crippen molar-refractivity contribution < 1.29 is 4.79 Å². The van der Waals surface area contributed by atoms with E-state index in [1.54, 1.807) is 30.1 Å². The predicted molar refractivity (Wildman–Crippen MR) is 73.0 cm³/mol. The van der Waals surface area contributed by atoms with Crippen molar-refractivity contribution in [1.29, 1.82) is 0 Å². The van der Waals surface area contributed by atoms with Gasteiger partial charge in [-0.25, -0.2) is 4.79 Å². The van der Waals surface area contributed by atoms with Crippen LogP contribution in [0.3, 0.4) is 0 Å². The number of nitrogens with zero attached hydrogens (tertiary/aromatic N) is 1. The fourth-order valence-electron chi connectivity index (χ4n) is 1.32. The summed E-state index contributed by atoms with van der Waals surface area (Å²) in [6.07, 6.45) is 2.02. The molecule has 0 unspecified atom stereocenters. The first-order valence-electron chi connectivity index (χ1n) is 5.52. The molecule has 0 radical (unpaired) electrons. The van der Waals surface area contributed by atoms with Crippen LogP contribution < -0.4 is 5.32 Å². The number of nitrogens with one attached hydrogen (secondary N) is 1. The zero-order chi connectivity index (χ0) is 12.8. The molecule has 0 spiro atoms. The Morgan fingerprint density at radius 1 is 1.35 bits per heavy atom. The Balaban J connectivity index is 2.68. The van der Waals surface area contributed by atoms with E-state index >= 15 is 0 Å². The van der Waals surface area contributed by atoms with Gasteiger partial charge in [0.15, 0.2) is 0 Å². The summed E-state index contributed by atoms with van der Waals surface area (Å²) >= 11 is 11.9. The van der Waals surface area contributed by atoms with Gasteiger partial charge in [0.2, 0.25) is 0 Å². The number of unbranched alkanes of at least 4 members (excludes halogenated alkanes) is 1. The van der Waals surface area contributed by atoms with Gasteiger partial charge in [-0.2, -0.15) is 0 Å². The highest BCUT2D eigenvalue weighted by Gasteiger charge is 2.12. The molecule has 5 heteroatoms. The van der Waals surface area contributed by atoms with E-state index in [-0.39, 0.29) is 6.03 Å². The fourth-order valence-corrected chi connectivity index (χ4v) is 1.81. The minimum absolute atomic E-state index is 0.201. The first-order chi connectivity index (χ1) is 8.06. The summed E-state index contributed by atoms with van der Waals surface area (Å²) in [5.74, 6) is 0. The monoisotopic (exact) mass is 274 g/mol. The number of carbonyl (C=O) groups is 1. The minimum atomic E-state index is -0.201. The van der Waals surface area contributed by atoms with Crippen molar-refractivity contribution in [1.82, 2.24) is 4.90 Å². The summed E-state index contributed by atoms with van der Waals surface area (Å²) in [4.78, 5) is 13.4. The Bertz CT molecular complexity index is 376. The number of hydrogen-bond acceptors (Lipinski definition) is 1. The maximum Gasteiger partial charge on any atom is 0.321 e. The molecule has 0 atom stereocenters. The van der Waals surface area contributed by atoms with Gasteiger partial charge in [-0.15, -0.1) is 0 Å². The topological polar surface area (TPSA) is 32.3 Å². The molecule has 0 saturated heterocycles. The second kappa shape index (κ2) is 6.72. The molecule has 0 fully saturated rings. The molecule has 0 heterocycles. The van der Waals surface area contributed by atoms with Crippen LogP contribution in [0.25, 0.3) is 0 Å². The van der Waals surface area contributed by atoms with Crippen LogP contribution in [0.2, 0.25) is 10.0 Å². The summed E-state index contributed by atoms with van der Waals surface area (Å²) in [6, 6.07) is 4.92. The minimum Gasteiger partial charge on any atom is -0.328 e. The van der Waals surface area contributed by atoms with E-state index in [1.165, 1.54) is 0 Å². The highest BCUT2D eigenvalue weighted by atomic mass is 35.5. The van der Waals surface area contributed by atoms with Gasteiger partial charge in [-0.3, -0.25) is 0 Å². The lowest BCUT2D eigenvalue weighted by Crippen LogP contribution is -2.32. The average molecular weight is 275 g/mol. The molecule has 1 N–H and O–H groups in total. The average Bonchev–Trinajstić information content (AvgIpc) is 2.30. The van der Waals surface area contributed by atoms with E-state index in [0.29, 0.717) is 22.3 Å². The Morgan fingerprint density at radius 3 is 2.47 bits per heavy atom. The maximum atomic E-state index is 11.8. The molecular formula is C12H16Cl2N2O. The molecule has 0 aromatic heterocycles. The SMILES string of the molecule is CCCCN(C)C(=O)Nc1c(Cl)cccc1Cl. The van der Waals surface area contributed by atoms with Crippen molar-refractivity contribution in [3.8, 4) is 0 Å². The van der Waals surface area contributed by atoms with Crippen LogP contribution >= 0.6 is 23.2 Å². The van der Waals surface area contributed by atoms with Crippen LogP contribution in [0.5, 0.6) is 0 Å². The highest BCUT2D eigenvalue weighted by molar-refractivity contribution is 6.39. The van der Waals surface area contributed by atoms with Crippen LogP contribution in [-0.4, -0.2) is 24.5 Å². The molecule has 1 aromatic rings. The van der Waals surface area contributed by atoms with Crippen LogP contribution in [0.4, 0.5) is 10.5 Å². The largest absolute Gasteiger partial charge is 0.328 e. The lowest BCUT2D eigenvalue weighted by molar-refractivity contribution is 0.222. The predicted octanol–water partition coefficient (Wildman–Crippen LogP) is 4.26. The number of para-hydroxylation sites is 1. The molecule has 17 heavy (non-hydrogen) atoms. The zero-order valence-electron chi connectivity index (χ0n) is 9.96. The summed E-state index contributed by atoms with van der Waals surface area (Å²) < 4.78 is 0. The van der Waals surface area contributed by atoms with Gasteiger partial charge in [0.05, 0.1) is 15.7 Å². The highest BCUT2D eigenvalue weighted by Crippen LogP contribution is 2.29. The van der Waals surface area contributed by atoms with Gasteiger partial charge < -0.3 is 10.2 Å². The van der Waals surface area contributed by atoms with Crippen molar-refractivity contribution in [2.24, 2.45) is 0 Å². The number of amides is 2. The van der Waals surface area contributed by atoms with Crippen LogP contribution in [0, 0.1) is 0 Å². The van der Waals surface area contributed by atoms with E-state index in [0.717, 1.165) is 12.8 Å². The maximum absolute atomic E-state index is 11.8. The molecule has 0 aliphatic rings. The van der Waals surface area contributed by atoms with E-state index in [4.69, 9.17) is 23.2 Å². The third-order valence-corrected chi connectivity index (χ3v) is 3.02. The second-order valence-corrected chi connectivity index (χ2v) is 4.62. The fraction of sp³-hybridized carbons (Fsp3) is 0.417. The van der Waals surface area contributed by atoms with Gasteiger partial charge in [-0.05, 0) is 18.6 Å². The van der Waals surface area contributed by atoms with Gasteiger partial charge in [0.1, 0.15) is 0 Å². The van der Waals surface area contributed by atoms with Crippen molar-refractivity contribution in [3.63, 3.8) is 0 Å². The summed E-state index contributed by atoms with van der Waals surface area (Å²) in [5.41, 5.74) is 0.462. The molecule has 0 bridgehead atoms. The van der Waals surface area contributed by atoms with E-state index in [1.807, 2.05) is 0 Å². The Labute approximate surface area is 112 Å². The number of urea groups is 1. The molecule has 94 valence electrons. The van der Waals surface area contributed by atoms with Crippen molar-refractivity contribution >= 4 is 34.9 Å². The normalized spacial score (nSPS) is 10.1. The van der Waals surface area contributed by atoms with Crippen LogP contribution in [0.15, 0.2) is 18.2 Å². The summed E-state index contributed by atoms with van der Waals surface area (Å²) in [7, 11) is 1.75.